The summed E-state index contributed by atoms with van der Waals surface area (Å²) >= 11 is 0. The number of ether oxygens (including phenoxy) is 2. The normalized spacial score (nSPS) is 18.5. The van der Waals surface area contributed by atoms with E-state index in [4.69, 9.17) is 9.47 Å². The molecule has 0 bridgehead atoms. The lowest BCUT2D eigenvalue weighted by atomic mass is 9.73. The van der Waals surface area contributed by atoms with Gasteiger partial charge >= 0.3 is 11.9 Å². The molecule has 2 aromatic rings. The van der Waals surface area contributed by atoms with E-state index in [1.807, 2.05) is 38.1 Å². The van der Waals surface area contributed by atoms with Crippen LogP contribution in [0.3, 0.4) is 0 Å². The molecular formula is C24H24FNO4. The fraction of sp³-hybridized carbons (Fsp3) is 0.250. The number of hydrogen-bond acceptors (Lipinski definition) is 5. The monoisotopic (exact) mass is 409 g/mol. The number of aryl methyl sites for hydroxylation is 1. The molecule has 0 heterocycles. The predicted octanol–water partition coefficient (Wildman–Crippen LogP) is 4.51. The Bertz CT molecular complexity index is 1010. The van der Waals surface area contributed by atoms with Crippen molar-refractivity contribution in [2.75, 3.05) is 19.5 Å². The van der Waals surface area contributed by atoms with Crippen molar-refractivity contribution in [1.82, 2.24) is 0 Å². The number of hydrogen-bond donors (Lipinski definition) is 1. The lowest BCUT2D eigenvalue weighted by Gasteiger charge is -2.33. The van der Waals surface area contributed by atoms with Crippen LogP contribution in [-0.2, 0) is 19.1 Å². The Morgan fingerprint density at radius 2 is 1.57 bits per heavy atom. The smallest absolute Gasteiger partial charge is 0.336 e. The molecule has 1 N–H and O–H groups in total. The van der Waals surface area contributed by atoms with Gasteiger partial charge in [0.15, 0.2) is 0 Å². The minimum Gasteiger partial charge on any atom is -0.469 e. The van der Waals surface area contributed by atoms with Gasteiger partial charge in [-0.2, -0.15) is 0 Å². The van der Waals surface area contributed by atoms with E-state index in [0.29, 0.717) is 11.3 Å². The first kappa shape index (κ1) is 21.3. The van der Waals surface area contributed by atoms with Crippen molar-refractivity contribution >= 4 is 17.6 Å². The van der Waals surface area contributed by atoms with E-state index in [9.17, 15) is 14.0 Å². The SMILES string of the molecule is COC(=O)C1=C(Nc2ccc(C)cc2)C=C(C)[C@H](C(=O)OC)[C@@H]1c1ccc(F)cc1. The summed E-state index contributed by atoms with van der Waals surface area (Å²) in [6.45, 7) is 3.79. The van der Waals surface area contributed by atoms with Crippen molar-refractivity contribution in [3.63, 3.8) is 0 Å². The van der Waals surface area contributed by atoms with Crippen molar-refractivity contribution in [2.24, 2.45) is 5.92 Å². The Kier molecular flexibility index (Phi) is 6.35. The first-order chi connectivity index (χ1) is 14.3. The Morgan fingerprint density at radius 1 is 0.933 bits per heavy atom. The zero-order valence-electron chi connectivity index (χ0n) is 17.4. The first-order valence-corrected chi connectivity index (χ1v) is 9.53. The molecule has 3 rings (SSSR count). The molecule has 0 saturated carbocycles. The van der Waals surface area contributed by atoms with Crippen LogP contribution in [0.2, 0.25) is 0 Å². The number of esters is 2. The van der Waals surface area contributed by atoms with E-state index in [2.05, 4.69) is 5.32 Å². The van der Waals surface area contributed by atoms with E-state index in [0.717, 1.165) is 16.8 Å². The molecule has 2 aromatic carbocycles. The van der Waals surface area contributed by atoms with Crippen molar-refractivity contribution in [1.29, 1.82) is 0 Å². The number of allylic oxidation sites excluding steroid dienone is 1. The van der Waals surface area contributed by atoms with Crippen molar-refractivity contribution in [2.45, 2.75) is 19.8 Å². The molecule has 0 unspecified atom stereocenters. The fourth-order valence-electron chi connectivity index (χ4n) is 3.71. The second-order valence-electron chi connectivity index (χ2n) is 7.23. The summed E-state index contributed by atoms with van der Waals surface area (Å²) in [4.78, 5) is 25.5. The lowest BCUT2D eigenvalue weighted by molar-refractivity contribution is -0.144. The van der Waals surface area contributed by atoms with Gasteiger partial charge in [0.1, 0.15) is 5.82 Å². The maximum atomic E-state index is 13.6. The third-order valence-corrected chi connectivity index (χ3v) is 5.22. The van der Waals surface area contributed by atoms with Gasteiger partial charge in [-0.3, -0.25) is 4.79 Å². The molecule has 0 aliphatic heterocycles. The largest absolute Gasteiger partial charge is 0.469 e. The molecule has 5 nitrogen and oxygen atoms in total. The average Bonchev–Trinajstić information content (AvgIpc) is 2.74. The molecule has 1 aliphatic carbocycles. The third kappa shape index (κ3) is 4.27. The highest BCUT2D eigenvalue weighted by atomic mass is 19.1. The average molecular weight is 409 g/mol. The fourth-order valence-corrected chi connectivity index (χ4v) is 3.71. The number of carbonyl (C=O) groups is 2. The molecule has 1 aliphatic rings. The first-order valence-electron chi connectivity index (χ1n) is 9.53. The van der Waals surface area contributed by atoms with E-state index in [1.165, 1.54) is 26.4 Å². The van der Waals surface area contributed by atoms with Gasteiger partial charge in [-0.15, -0.1) is 0 Å². The summed E-state index contributed by atoms with van der Waals surface area (Å²) < 4.78 is 23.6. The maximum absolute atomic E-state index is 13.6. The molecule has 0 saturated heterocycles. The number of nitrogens with one attached hydrogen (secondary N) is 1. The molecule has 0 amide bonds. The second-order valence-corrected chi connectivity index (χ2v) is 7.23. The van der Waals surface area contributed by atoms with Gasteiger partial charge in [-0.25, -0.2) is 9.18 Å². The van der Waals surface area contributed by atoms with Crippen LogP contribution in [0.1, 0.15) is 24.0 Å². The molecule has 0 aromatic heterocycles. The highest BCUT2D eigenvalue weighted by Crippen LogP contribution is 2.43. The van der Waals surface area contributed by atoms with Crippen LogP contribution in [0, 0.1) is 18.7 Å². The molecule has 156 valence electrons. The van der Waals surface area contributed by atoms with Crippen molar-refractivity contribution in [3.8, 4) is 0 Å². The van der Waals surface area contributed by atoms with Gasteiger partial charge in [0.2, 0.25) is 0 Å². The predicted molar refractivity (Wildman–Crippen MR) is 112 cm³/mol. The highest BCUT2D eigenvalue weighted by Gasteiger charge is 2.41. The van der Waals surface area contributed by atoms with Crippen LogP contribution in [0.25, 0.3) is 0 Å². The molecule has 6 heteroatoms. The Hall–Kier alpha value is -3.41. The minimum absolute atomic E-state index is 0.283. The molecule has 30 heavy (non-hydrogen) atoms. The van der Waals surface area contributed by atoms with Gasteiger partial charge in [0.05, 0.1) is 25.7 Å². The third-order valence-electron chi connectivity index (χ3n) is 5.22. The number of benzene rings is 2. The van der Waals surface area contributed by atoms with Gasteiger partial charge in [-0.1, -0.05) is 35.4 Å². The van der Waals surface area contributed by atoms with E-state index in [1.54, 1.807) is 18.2 Å². The van der Waals surface area contributed by atoms with Gasteiger partial charge < -0.3 is 14.8 Å². The molecule has 2 atom stereocenters. The standard InChI is InChI=1S/C24H24FNO4/c1-14-5-11-18(12-6-14)26-19-13-15(2)20(23(27)29-3)21(22(19)24(28)30-4)16-7-9-17(25)10-8-16/h5-13,20-21,26H,1-4H3/t20-,21-/m0/s1. The summed E-state index contributed by atoms with van der Waals surface area (Å²) in [6, 6.07) is 13.5. The minimum atomic E-state index is -0.738. The second kappa shape index (κ2) is 8.95. The van der Waals surface area contributed by atoms with Gasteiger partial charge in [-0.05, 0) is 49.8 Å². The zero-order chi connectivity index (χ0) is 21.8. The maximum Gasteiger partial charge on any atom is 0.336 e. The van der Waals surface area contributed by atoms with Crippen LogP contribution in [0.5, 0.6) is 0 Å². The molecule has 0 spiro atoms. The Labute approximate surface area is 175 Å². The molecule has 0 fully saturated rings. The van der Waals surface area contributed by atoms with E-state index in [-0.39, 0.29) is 5.57 Å². The number of methoxy groups -OCH3 is 2. The molecular weight excluding hydrogens is 385 g/mol. The van der Waals surface area contributed by atoms with E-state index < -0.39 is 29.6 Å². The van der Waals surface area contributed by atoms with Crippen molar-refractivity contribution < 1.29 is 23.5 Å². The van der Waals surface area contributed by atoms with Crippen LogP contribution < -0.4 is 5.32 Å². The van der Waals surface area contributed by atoms with Crippen LogP contribution in [0.15, 0.2) is 71.5 Å². The quantitative estimate of drug-likeness (QED) is 0.737. The Morgan fingerprint density at radius 3 is 2.13 bits per heavy atom. The zero-order valence-corrected chi connectivity index (χ0v) is 17.4. The number of halogens is 1. The molecule has 0 radical (unpaired) electrons. The topological polar surface area (TPSA) is 64.6 Å². The summed E-state index contributed by atoms with van der Waals surface area (Å²) in [5.74, 6) is -2.88. The number of carbonyl (C=O) groups excluding carboxylic acids is 2. The highest BCUT2D eigenvalue weighted by molar-refractivity contribution is 5.95. The Balaban J connectivity index is 2.19. The van der Waals surface area contributed by atoms with Gasteiger partial charge in [0, 0.05) is 17.3 Å². The summed E-state index contributed by atoms with van der Waals surface area (Å²) in [6.07, 6.45) is 1.76. The lowest BCUT2D eigenvalue weighted by Crippen LogP contribution is -2.33. The van der Waals surface area contributed by atoms with Crippen LogP contribution >= 0.6 is 0 Å². The van der Waals surface area contributed by atoms with Gasteiger partial charge in [0.25, 0.3) is 0 Å². The summed E-state index contributed by atoms with van der Waals surface area (Å²) in [7, 11) is 2.60. The van der Waals surface area contributed by atoms with Crippen LogP contribution in [-0.4, -0.2) is 26.2 Å². The van der Waals surface area contributed by atoms with Crippen molar-refractivity contribution in [3.05, 3.63) is 88.4 Å². The number of anilines is 1. The van der Waals surface area contributed by atoms with E-state index >= 15 is 0 Å². The number of rotatable bonds is 5. The summed E-state index contributed by atoms with van der Waals surface area (Å²) in [5.41, 5.74) is 4.04. The van der Waals surface area contributed by atoms with Crippen LogP contribution in [0.4, 0.5) is 10.1 Å². The summed E-state index contributed by atoms with van der Waals surface area (Å²) in [5, 5.41) is 3.27.